The van der Waals surface area contributed by atoms with Crippen molar-refractivity contribution in [2.24, 2.45) is 0 Å². The number of benzene rings is 2. The fourth-order valence-corrected chi connectivity index (χ4v) is 3.26. The van der Waals surface area contributed by atoms with Crippen LogP contribution in [0.3, 0.4) is 0 Å². The first kappa shape index (κ1) is 19.7. The summed E-state index contributed by atoms with van der Waals surface area (Å²) in [5, 5.41) is 2.92. The molecule has 1 N–H and O–H groups in total. The highest BCUT2D eigenvalue weighted by Gasteiger charge is 2.21. The fraction of sp³-hybridized carbons (Fsp3) is 0.304. The minimum absolute atomic E-state index is 0.0961. The maximum absolute atomic E-state index is 12.0. The average Bonchev–Trinajstić information content (AvgIpc) is 3.16. The van der Waals surface area contributed by atoms with E-state index in [4.69, 9.17) is 0 Å². The predicted molar refractivity (Wildman–Crippen MR) is 114 cm³/mol. The molecule has 1 aliphatic rings. The summed E-state index contributed by atoms with van der Waals surface area (Å²) in [7, 11) is 2.05. The van der Waals surface area contributed by atoms with Crippen molar-refractivity contribution < 1.29 is 9.59 Å². The van der Waals surface area contributed by atoms with Gasteiger partial charge in [-0.1, -0.05) is 30.3 Å². The Balaban J connectivity index is 1.39. The van der Waals surface area contributed by atoms with Crippen molar-refractivity contribution in [1.82, 2.24) is 5.32 Å². The van der Waals surface area contributed by atoms with Gasteiger partial charge in [0.15, 0.2) is 0 Å². The number of rotatable bonds is 8. The van der Waals surface area contributed by atoms with E-state index in [1.165, 1.54) is 5.69 Å². The molecule has 3 rings (SSSR count). The molecule has 0 aliphatic carbocycles. The number of anilines is 2. The van der Waals surface area contributed by atoms with Gasteiger partial charge < -0.3 is 15.1 Å². The van der Waals surface area contributed by atoms with Crippen molar-refractivity contribution in [1.29, 1.82) is 0 Å². The summed E-state index contributed by atoms with van der Waals surface area (Å²) < 4.78 is 0. The third kappa shape index (κ3) is 5.46. The third-order valence-corrected chi connectivity index (χ3v) is 4.87. The Hall–Kier alpha value is -3.08. The molecule has 5 nitrogen and oxygen atoms in total. The zero-order valence-electron chi connectivity index (χ0n) is 16.3. The van der Waals surface area contributed by atoms with Crippen LogP contribution in [0.15, 0.2) is 60.7 Å². The van der Waals surface area contributed by atoms with E-state index in [0.29, 0.717) is 13.0 Å². The van der Waals surface area contributed by atoms with Crippen LogP contribution in [0.5, 0.6) is 0 Å². The Morgan fingerprint density at radius 1 is 1.14 bits per heavy atom. The van der Waals surface area contributed by atoms with Crippen LogP contribution in [0.1, 0.15) is 24.8 Å². The van der Waals surface area contributed by atoms with Gasteiger partial charge >= 0.3 is 0 Å². The first-order valence-corrected chi connectivity index (χ1v) is 9.76. The number of nitrogens with zero attached hydrogens (tertiary/aromatic N) is 2. The van der Waals surface area contributed by atoms with Crippen molar-refractivity contribution in [2.75, 3.05) is 36.5 Å². The van der Waals surface area contributed by atoms with Gasteiger partial charge in [0, 0.05) is 50.6 Å². The molecule has 1 fully saturated rings. The monoisotopic (exact) mass is 377 g/mol. The second kappa shape index (κ2) is 9.74. The molecule has 2 amide bonds. The molecule has 28 heavy (non-hydrogen) atoms. The van der Waals surface area contributed by atoms with Crippen LogP contribution in [0.25, 0.3) is 6.08 Å². The summed E-state index contributed by atoms with van der Waals surface area (Å²) in [6, 6.07) is 17.9. The molecular weight excluding hydrogens is 350 g/mol. The molecule has 0 saturated carbocycles. The van der Waals surface area contributed by atoms with E-state index < -0.39 is 0 Å². The number of amides is 2. The zero-order chi connectivity index (χ0) is 19.8. The molecule has 146 valence electrons. The number of hydrogen-bond acceptors (Lipinski definition) is 3. The molecule has 0 atom stereocenters. The van der Waals surface area contributed by atoms with Crippen molar-refractivity contribution >= 4 is 29.3 Å². The lowest BCUT2D eigenvalue weighted by Crippen LogP contribution is -2.26. The van der Waals surface area contributed by atoms with E-state index in [1.54, 1.807) is 12.2 Å². The standard InChI is InChI=1S/C23H27N3O2/c1-25(20-7-3-2-4-8-20)17-6-16-24-22(27)15-12-19-10-13-21(14-11-19)26-18-5-9-23(26)28/h2-4,7-8,10-15H,5-6,9,16-18H2,1H3,(H,24,27)/b15-12+. The summed E-state index contributed by atoms with van der Waals surface area (Å²) in [6.07, 6.45) is 5.77. The number of nitrogens with one attached hydrogen (secondary N) is 1. The molecule has 0 spiro atoms. The summed E-state index contributed by atoms with van der Waals surface area (Å²) in [4.78, 5) is 27.8. The van der Waals surface area contributed by atoms with Crippen molar-refractivity contribution in [3.8, 4) is 0 Å². The third-order valence-electron chi connectivity index (χ3n) is 4.87. The highest BCUT2D eigenvalue weighted by Crippen LogP contribution is 2.21. The van der Waals surface area contributed by atoms with Crippen LogP contribution >= 0.6 is 0 Å². The topological polar surface area (TPSA) is 52.7 Å². The molecule has 0 bridgehead atoms. The lowest BCUT2D eigenvalue weighted by atomic mass is 10.2. The van der Waals surface area contributed by atoms with Crippen LogP contribution in [0.2, 0.25) is 0 Å². The van der Waals surface area contributed by atoms with Gasteiger partial charge in [-0.3, -0.25) is 9.59 Å². The Morgan fingerprint density at radius 3 is 2.57 bits per heavy atom. The summed E-state index contributed by atoms with van der Waals surface area (Å²) >= 11 is 0. The quantitative estimate of drug-likeness (QED) is 0.566. The number of hydrogen-bond donors (Lipinski definition) is 1. The van der Waals surface area contributed by atoms with Gasteiger partial charge in [-0.25, -0.2) is 0 Å². The normalized spacial score (nSPS) is 13.9. The van der Waals surface area contributed by atoms with Gasteiger partial charge in [0.2, 0.25) is 11.8 Å². The highest BCUT2D eigenvalue weighted by molar-refractivity contribution is 5.95. The largest absolute Gasteiger partial charge is 0.375 e. The predicted octanol–water partition coefficient (Wildman–Crippen LogP) is 3.47. The van der Waals surface area contributed by atoms with Gasteiger partial charge in [-0.15, -0.1) is 0 Å². The lowest BCUT2D eigenvalue weighted by Gasteiger charge is -2.19. The van der Waals surface area contributed by atoms with E-state index in [2.05, 4.69) is 29.4 Å². The minimum Gasteiger partial charge on any atom is -0.375 e. The number of carbonyl (C=O) groups excluding carboxylic acids is 2. The number of para-hydroxylation sites is 1. The van der Waals surface area contributed by atoms with E-state index >= 15 is 0 Å². The fourth-order valence-electron chi connectivity index (χ4n) is 3.26. The maximum Gasteiger partial charge on any atom is 0.244 e. The van der Waals surface area contributed by atoms with Gasteiger partial charge in [0.1, 0.15) is 0 Å². The Kier molecular flexibility index (Phi) is 6.84. The SMILES string of the molecule is CN(CCCNC(=O)/C=C/c1ccc(N2CCCC2=O)cc1)c1ccccc1. The van der Waals surface area contributed by atoms with Crippen LogP contribution in [-0.2, 0) is 9.59 Å². The number of carbonyl (C=O) groups is 2. The van der Waals surface area contributed by atoms with Crippen LogP contribution in [0, 0.1) is 0 Å². The molecule has 1 saturated heterocycles. The van der Waals surface area contributed by atoms with Gasteiger partial charge in [-0.2, -0.15) is 0 Å². The van der Waals surface area contributed by atoms with Crippen molar-refractivity contribution in [3.05, 3.63) is 66.2 Å². The molecule has 1 aliphatic heterocycles. The Labute approximate surface area is 166 Å². The molecule has 2 aromatic rings. The van der Waals surface area contributed by atoms with Gasteiger partial charge in [0.25, 0.3) is 0 Å². The van der Waals surface area contributed by atoms with Crippen molar-refractivity contribution in [3.63, 3.8) is 0 Å². The summed E-state index contributed by atoms with van der Waals surface area (Å²) in [6.45, 7) is 2.30. The molecule has 1 heterocycles. The second-order valence-electron chi connectivity index (χ2n) is 6.98. The first-order valence-electron chi connectivity index (χ1n) is 9.76. The van der Waals surface area contributed by atoms with Gasteiger partial charge in [-0.05, 0) is 48.7 Å². The smallest absolute Gasteiger partial charge is 0.244 e. The summed E-state index contributed by atoms with van der Waals surface area (Å²) in [5.74, 6) is 0.0849. The van der Waals surface area contributed by atoms with Crippen LogP contribution in [0.4, 0.5) is 11.4 Å². The van der Waals surface area contributed by atoms with Crippen molar-refractivity contribution in [2.45, 2.75) is 19.3 Å². The first-order chi connectivity index (χ1) is 13.6. The zero-order valence-corrected chi connectivity index (χ0v) is 16.3. The van der Waals surface area contributed by atoms with E-state index in [-0.39, 0.29) is 11.8 Å². The highest BCUT2D eigenvalue weighted by atomic mass is 16.2. The molecular formula is C23H27N3O2. The Bertz CT molecular complexity index is 816. The molecule has 0 unspecified atom stereocenters. The van der Waals surface area contributed by atoms with Crippen LogP contribution < -0.4 is 15.1 Å². The molecule has 5 heteroatoms. The Morgan fingerprint density at radius 2 is 1.89 bits per heavy atom. The van der Waals surface area contributed by atoms with E-state index in [1.807, 2.05) is 47.4 Å². The molecule has 0 aromatic heterocycles. The van der Waals surface area contributed by atoms with E-state index in [0.717, 1.165) is 37.2 Å². The molecule has 0 radical (unpaired) electrons. The van der Waals surface area contributed by atoms with E-state index in [9.17, 15) is 9.59 Å². The second-order valence-corrected chi connectivity index (χ2v) is 6.98. The average molecular weight is 377 g/mol. The molecule has 2 aromatic carbocycles. The van der Waals surface area contributed by atoms with Crippen LogP contribution in [-0.4, -0.2) is 38.5 Å². The minimum atomic E-state index is -0.0961. The maximum atomic E-state index is 12.0. The summed E-state index contributed by atoms with van der Waals surface area (Å²) in [5.41, 5.74) is 3.04. The lowest BCUT2D eigenvalue weighted by molar-refractivity contribution is -0.117. The van der Waals surface area contributed by atoms with Gasteiger partial charge in [0.05, 0.1) is 0 Å².